The third-order valence-corrected chi connectivity index (χ3v) is 4.47. The lowest BCUT2D eigenvalue weighted by Crippen LogP contribution is -2.50. The largest absolute Gasteiger partial charge is 0.330 e. The molecule has 0 aromatic carbocycles. The summed E-state index contributed by atoms with van der Waals surface area (Å²) in [5.74, 6) is -0.514. The van der Waals surface area contributed by atoms with Gasteiger partial charge in [-0.2, -0.15) is 0 Å². The van der Waals surface area contributed by atoms with Crippen molar-refractivity contribution in [3.05, 3.63) is 0 Å². The molecule has 2 saturated carbocycles. The number of ketones is 1. The maximum Gasteiger partial charge on any atom is 0.290 e. The molecule has 0 N–H and O–H groups in total. The first-order valence-corrected chi connectivity index (χ1v) is 7.53. The van der Waals surface area contributed by atoms with Crippen molar-refractivity contribution in [2.75, 3.05) is 0 Å². The Labute approximate surface area is 110 Å². The Morgan fingerprint density at radius 1 is 0.778 bits per heavy atom. The average molecular weight is 251 g/mol. The van der Waals surface area contributed by atoms with E-state index in [0.717, 1.165) is 25.7 Å². The molecule has 1 amide bonds. The molecule has 2 aliphatic carbocycles. The van der Waals surface area contributed by atoms with Crippen LogP contribution in [0.2, 0.25) is 0 Å². The third-order valence-electron chi connectivity index (χ3n) is 4.47. The van der Waals surface area contributed by atoms with Gasteiger partial charge in [0.1, 0.15) is 0 Å². The number of Topliss-reactive ketones (excluding diaryl/α,β-unsaturated/α-hetero) is 1. The predicted molar refractivity (Wildman–Crippen MR) is 71.3 cm³/mol. The Morgan fingerprint density at radius 2 is 1.17 bits per heavy atom. The maximum atomic E-state index is 12.2. The molecule has 0 radical (unpaired) electrons. The van der Waals surface area contributed by atoms with Crippen LogP contribution in [0, 0.1) is 0 Å². The first kappa shape index (κ1) is 13.6. The van der Waals surface area contributed by atoms with Crippen molar-refractivity contribution < 1.29 is 9.59 Å². The first-order valence-electron chi connectivity index (χ1n) is 7.53. The summed E-state index contributed by atoms with van der Waals surface area (Å²) in [6.45, 7) is 1.42. The van der Waals surface area contributed by atoms with Crippen molar-refractivity contribution in [3.8, 4) is 0 Å². The number of hydrogen-bond acceptors (Lipinski definition) is 2. The van der Waals surface area contributed by atoms with Gasteiger partial charge in [-0.1, -0.05) is 38.5 Å². The normalized spacial score (nSPS) is 22.7. The van der Waals surface area contributed by atoms with Crippen LogP contribution in [-0.2, 0) is 9.59 Å². The van der Waals surface area contributed by atoms with Gasteiger partial charge in [-0.05, 0) is 25.7 Å². The van der Waals surface area contributed by atoms with E-state index in [0.29, 0.717) is 12.1 Å². The summed E-state index contributed by atoms with van der Waals surface area (Å²) in [6, 6.07) is 0.663. The second-order valence-electron chi connectivity index (χ2n) is 5.85. The van der Waals surface area contributed by atoms with Gasteiger partial charge in [-0.15, -0.1) is 0 Å². The van der Waals surface area contributed by atoms with Crippen LogP contribution in [-0.4, -0.2) is 28.7 Å². The van der Waals surface area contributed by atoms with E-state index in [1.54, 1.807) is 0 Å². The van der Waals surface area contributed by atoms with Crippen LogP contribution in [0.3, 0.4) is 0 Å². The van der Waals surface area contributed by atoms with E-state index in [-0.39, 0.29) is 11.7 Å². The highest BCUT2D eigenvalue weighted by atomic mass is 16.2. The van der Waals surface area contributed by atoms with E-state index >= 15 is 0 Å². The molecule has 3 nitrogen and oxygen atoms in total. The first-order chi connectivity index (χ1) is 8.70. The van der Waals surface area contributed by atoms with Gasteiger partial charge in [0.15, 0.2) is 0 Å². The van der Waals surface area contributed by atoms with Crippen molar-refractivity contribution in [2.24, 2.45) is 0 Å². The second-order valence-corrected chi connectivity index (χ2v) is 5.85. The summed E-state index contributed by atoms with van der Waals surface area (Å²) in [5.41, 5.74) is 0. The Hall–Kier alpha value is -0.860. The number of carbonyl (C=O) groups is 2. The molecule has 102 valence electrons. The molecule has 3 heteroatoms. The lowest BCUT2D eigenvalue weighted by atomic mass is 9.88. The van der Waals surface area contributed by atoms with Crippen LogP contribution in [0.4, 0.5) is 0 Å². The number of hydrogen-bond donors (Lipinski definition) is 0. The SMILES string of the molecule is CC(=O)C(=O)N(C1CCCCC1)C1CCCCC1. The van der Waals surface area contributed by atoms with Crippen molar-refractivity contribution in [2.45, 2.75) is 83.2 Å². The molecule has 18 heavy (non-hydrogen) atoms. The molecule has 2 rings (SSSR count). The summed E-state index contributed by atoms with van der Waals surface area (Å²) in [5, 5.41) is 0. The molecule has 0 saturated heterocycles. The van der Waals surface area contributed by atoms with Gasteiger partial charge in [0.25, 0.3) is 5.91 Å². The smallest absolute Gasteiger partial charge is 0.290 e. The minimum Gasteiger partial charge on any atom is -0.330 e. The van der Waals surface area contributed by atoms with Gasteiger partial charge >= 0.3 is 0 Å². The molecular formula is C15H25NO2. The van der Waals surface area contributed by atoms with E-state index in [1.807, 2.05) is 4.90 Å². The fraction of sp³-hybridized carbons (Fsp3) is 0.867. The lowest BCUT2D eigenvalue weighted by Gasteiger charge is -2.41. The third kappa shape index (κ3) is 3.12. The summed E-state index contributed by atoms with van der Waals surface area (Å²) in [4.78, 5) is 25.7. The summed E-state index contributed by atoms with van der Waals surface area (Å²) in [6.07, 6.45) is 11.8. The Bertz CT molecular complexity index is 284. The van der Waals surface area contributed by atoms with Crippen LogP contribution in [0.5, 0.6) is 0 Å². The van der Waals surface area contributed by atoms with Crippen molar-refractivity contribution in [3.63, 3.8) is 0 Å². The van der Waals surface area contributed by atoms with Gasteiger partial charge in [0, 0.05) is 19.0 Å². The fourth-order valence-electron chi connectivity index (χ4n) is 3.53. The standard InChI is InChI=1S/C15H25NO2/c1-12(17)15(18)16(13-8-4-2-5-9-13)14-10-6-3-7-11-14/h13-14H,2-11H2,1H3. The Balaban J connectivity index is 2.10. The Kier molecular flexibility index (Phi) is 4.79. The van der Waals surface area contributed by atoms with Crippen molar-refractivity contribution in [1.29, 1.82) is 0 Å². The maximum absolute atomic E-state index is 12.2. The number of rotatable bonds is 3. The summed E-state index contributed by atoms with van der Waals surface area (Å²) < 4.78 is 0. The van der Waals surface area contributed by atoms with Gasteiger partial charge < -0.3 is 4.90 Å². The highest BCUT2D eigenvalue weighted by molar-refractivity contribution is 6.35. The van der Waals surface area contributed by atoms with Crippen LogP contribution in [0.25, 0.3) is 0 Å². The van der Waals surface area contributed by atoms with E-state index < -0.39 is 0 Å². The molecule has 0 aromatic rings. The van der Waals surface area contributed by atoms with Gasteiger partial charge in [0.05, 0.1) is 0 Å². The molecule has 0 aromatic heterocycles. The number of amides is 1. The minimum absolute atomic E-state index is 0.228. The van der Waals surface area contributed by atoms with E-state index in [2.05, 4.69) is 0 Å². The van der Waals surface area contributed by atoms with E-state index in [1.165, 1.54) is 45.4 Å². The van der Waals surface area contributed by atoms with E-state index in [9.17, 15) is 9.59 Å². The molecule has 0 spiro atoms. The van der Waals surface area contributed by atoms with Gasteiger partial charge in [-0.25, -0.2) is 0 Å². The molecule has 0 unspecified atom stereocenters. The zero-order valence-corrected chi connectivity index (χ0v) is 11.5. The zero-order chi connectivity index (χ0) is 13.0. The molecule has 2 aliphatic rings. The molecule has 0 bridgehead atoms. The van der Waals surface area contributed by atoms with E-state index in [4.69, 9.17) is 0 Å². The van der Waals surface area contributed by atoms with Crippen molar-refractivity contribution >= 4 is 11.7 Å². The molecule has 2 fully saturated rings. The molecule has 0 aliphatic heterocycles. The molecule has 0 heterocycles. The quantitative estimate of drug-likeness (QED) is 0.723. The molecular weight excluding hydrogens is 226 g/mol. The highest BCUT2D eigenvalue weighted by Gasteiger charge is 2.33. The molecule has 0 atom stereocenters. The zero-order valence-electron chi connectivity index (χ0n) is 11.5. The minimum atomic E-state index is -0.286. The topological polar surface area (TPSA) is 37.4 Å². The Morgan fingerprint density at radius 3 is 1.50 bits per heavy atom. The number of nitrogens with zero attached hydrogens (tertiary/aromatic N) is 1. The van der Waals surface area contributed by atoms with Crippen LogP contribution in [0.1, 0.15) is 71.1 Å². The van der Waals surface area contributed by atoms with Gasteiger partial charge in [-0.3, -0.25) is 9.59 Å². The summed E-state index contributed by atoms with van der Waals surface area (Å²) in [7, 11) is 0. The van der Waals surface area contributed by atoms with Gasteiger partial charge in [0.2, 0.25) is 5.78 Å². The van der Waals surface area contributed by atoms with Crippen molar-refractivity contribution in [1.82, 2.24) is 4.90 Å². The average Bonchev–Trinajstić information content (AvgIpc) is 2.41. The van der Waals surface area contributed by atoms with Crippen LogP contribution >= 0.6 is 0 Å². The van der Waals surface area contributed by atoms with Crippen LogP contribution < -0.4 is 0 Å². The van der Waals surface area contributed by atoms with Crippen LogP contribution in [0.15, 0.2) is 0 Å². The second kappa shape index (κ2) is 6.35. The lowest BCUT2D eigenvalue weighted by molar-refractivity contribution is -0.148. The monoisotopic (exact) mass is 251 g/mol. The number of carbonyl (C=O) groups excluding carboxylic acids is 2. The summed E-state index contributed by atoms with van der Waals surface area (Å²) >= 11 is 0. The predicted octanol–water partition coefficient (Wildman–Crippen LogP) is 3.07. The highest BCUT2D eigenvalue weighted by Crippen LogP contribution is 2.30. The fourth-order valence-corrected chi connectivity index (χ4v) is 3.53.